The Morgan fingerprint density at radius 3 is 2.61 bits per heavy atom. The molecule has 0 aliphatic carbocycles. The fourth-order valence-corrected chi connectivity index (χ4v) is 4.51. The van der Waals surface area contributed by atoms with Crippen LogP contribution in [0.2, 0.25) is 0 Å². The predicted molar refractivity (Wildman–Crippen MR) is 138 cm³/mol. The first-order valence-corrected chi connectivity index (χ1v) is 12.3. The maximum absolute atomic E-state index is 14.2. The molecular weight excluding hydrogens is 457 g/mol. The second-order valence-corrected chi connectivity index (χ2v) is 9.85. The molecule has 3 aromatic rings. The van der Waals surface area contributed by atoms with Crippen molar-refractivity contribution in [3.8, 4) is 17.0 Å². The van der Waals surface area contributed by atoms with E-state index in [1.54, 1.807) is 23.2 Å². The Bertz CT molecular complexity index is 1200. The molecule has 2 heterocycles. The Hall–Kier alpha value is -3.29. The van der Waals surface area contributed by atoms with Crippen molar-refractivity contribution < 1.29 is 19.0 Å². The van der Waals surface area contributed by atoms with Gasteiger partial charge in [-0.3, -0.25) is 9.69 Å². The van der Waals surface area contributed by atoms with Crippen LogP contribution < -0.4 is 4.74 Å². The average Bonchev–Trinajstić information content (AvgIpc) is 2.87. The third-order valence-electron chi connectivity index (χ3n) is 6.80. The zero-order valence-electron chi connectivity index (χ0n) is 21.3. The lowest BCUT2D eigenvalue weighted by atomic mass is 9.99. The van der Waals surface area contributed by atoms with Crippen LogP contribution in [0.5, 0.6) is 5.88 Å². The summed E-state index contributed by atoms with van der Waals surface area (Å²) in [5.74, 6) is -0.210. The predicted octanol–water partition coefficient (Wildman–Crippen LogP) is 4.55. The van der Waals surface area contributed by atoms with Crippen molar-refractivity contribution in [3.05, 3.63) is 83.3 Å². The van der Waals surface area contributed by atoms with E-state index < -0.39 is 0 Å². The topological polar surface area (TPSA) is 65.9 Å². The van der Waals surface area contributed by atoms with Crippen LogP contribution in [0.4, 0.5) is 4.39 Å². The van der Waals surface area contributed by atoms with E-state index >= 15 is 0 Å². The van der Waals surface area contributed by atoms with Gasteiger partial charge in [-0.1, -0.05) is 55.0 Å². The number of aryl methyl sites for hydroxylation is 1. The van der Waals surface area contributed by atoms with E-state index in [4.69, 9.17) is 4.74 Å². The zero-order chi connectivity index (χ0) is 25.8. The number of pyridine rings is 1. The van der Waals surface area contributed by atoms with Gasteiger partial charge >= 0.3 is 0 Å². The summed E-state index contributed by atoms with van der Waals surface area (Å²) in [4.78, 5) is 21.9. The van der Waals surface area contributed by atoms with Crippen LogP contribution in [-0.2, 0) is 6.54 Å². The SMILES string of the molecule is Cc1ccc(-c2cnc3c(c2)C(=O)N([C@H](C)CO)C[C@@H](C)[C@H](CN(C)Cc2ccccc2F)O3)cc1. The molecule has 7 heteroatoms. The highest BCUT2D eigenvalue weighted by Crippen LogP contribution is 2.30. The third-order valence-corrected chi connectivity index (χ3v) is 6.80. The number of benzene rings is 2. The Morgan fingerprint density at radius 1 is 1.19 bits per heavy atom. The molecule has 0 bridgehead atoms. The summed E-state index contributed by atoms with van der Waals surface area (Å²) < 4.78 is 20.6. The fraction of sp³-hybridized carbons (Fsp3) is 0.379. The van der Waals surface area contributed by atoms with Crippen molar-refractivity contribution in [2.45, 2.75) is 39.5 Å². The van der Waals surface area contributed by atoms with Crippen LogP contribution in [0, 0.1) is 18.7 Å². The highest BCUT2D eigenvalue weighted by Gasteiger charge is 2.34. The van der Waals surface area contributed by atoms with Crippen LogP contribution in [0.25, 0.3) is 11.1 Å². The third kappa shape index (κ3) is 5.74. The van der Waals surface area contributed by atoms with Crippen molar-refractivity contribution in [1.29, 1.82) is 0 Å². The summed E-state index contributed by atoms with van der Waals surface area (Å²) >= 11 is 0. The normalized spacial score (nSPS) is 18.9. The first kappa shape index (κ1) is 25.8. The van der Waals surface area contributed by atoms with E-state index in [0.29, 0.717) is 30.8 Å². The molecule has 4 rings (SSSR count). The van der Waals surface area contributed by atoms with E-state index in [0.717, 1.165) is 16.7 Å². The first-order chi connectivity index (χ1) is 17.3. The van der Waals surface area contributed by atoms with Crippen molar-refractivity contribution in [2.75, 3.05) is 26.7 Å². The second-order valence-electron chi connectivity index (χ2n) is 9.85. The van der Waals surface area contributed by atoms with E-state index in [1.807, 2.05) is 69.1 Å². The van der Waals surface area contributed by atoms with Crippen molar-refractivity contribution >= 4 is 5.91 Å². The summed E-state index contributed by atoms with van der Waals surface area (Å²) in [7, 11) is 1.93. The molecule has 1 aromatic heterocycles. The number of carbonyl (C=O) groups excluding carboxylic acids is 1. The number of nitrogens with zero attached hydrogens (tertiary/aromatic N) is 3. The molecule has 1 N–H and O–H groups in total. The maximum atomic E-state index is 14.2. The number of hydrogen-bond acceptors (Lipinski definition) is 5. The molecule has 0 spiro atoms. The lowest BCUT2D eigenvalue weighted by molar-refractivity contribution is 0.0324. The number of fused-ring (bicyclic) bond motifs is 1. The largest absolute Gasteiger partial charge is 0.472 e. The molecule has 6 nitrogen and oxygen atoms in total. The minimum Gasteiger partial charge on any atom is -0.472 e. The van der Waals surface area contributed by atoms with Gasteiger partial charge in [0, 0.05) is 42.9 Å². The molecule has 0 saturated carbocycles. The van der Waals surface area contributed by atoms with E-state index in [-0.39, 0.29) is 42.3 Å². The molecule has 2 aromatic carbocycles. The molecule has 0 unspecified atom stereocenters. The van der Waals surface area contributed by atoms with Crippen LogP contribution in [0.15, 0.2) is 60.8 Å². The Kier molecular flexibility index (Phi) is 8.01. The molecule has 3 atom stereocenters. The number of ether oxygens (including phenoxy) is 1. The van der Waals surface area contributed by atoms with Crippen molar-refractivity contribution in [1.82, 2.24) is 14.8 Å². The Balaban J connectivity index is 1.65. The van der Waals surface area contributed by atoms with Gasteiger partial charge in [0.1, 0.15) is 17.5 Å². The van der Waals surface area contributed by atoms with Gasteiger partial charge in [0.25, 0.3) is 5.91 Å². The number of hydrogen-bond donors (Lipinski definition) is 1. The fourth-order valence-electron chi connectivity index (χ4n) is 4.51. The summed E-state index contributed by atoms with van der Waals surface area (Å²) in [6.45, 7) is 7.12. The molecule has 190 valence electrons. The molecule has 0 radical (unpaired) electrons. The second kappa shape index (κ2) is 11.2. The lowest BCUT2D eigenvalue weighted by Gasteiger charge is -2.37. The monoisotopic (exact) mass is 491 g/mol. The standard InChI is InChI=1S/C29H34FN3O3/c1-19-9-11-22(12-10-19)24-13-25-28(31-14-24)36-27(20(2)15-33(29(25)35)21(3)18-34)17-32(4)16-23-7-5-6-8-26(23)30/h5-14,20-21,27,34H,15-18H2,1-4H3/t20-,21-,27+/m1/s1. The Labute approximate surface area is 212 Å². The number of aliphatic hydroxyl groups is 1. The summed E-state index contributed by atoms with van der Waals surface area (Å²) in [5.41, 5.74) is 3.93. The minimum absolute atomic E-state index is 0.0438. The number of rotatable bonds is 7. The smallest absolute Gasteiger partial charge is 0.259 e. The molecule has 1 aliphatic rings. The van der Waals surface area contributed by atoms with Gasteiger partial charge in [-0.25, -0.2) is 9.37 Å². The van der Waals surface area contributed by atoms with Gasteiger partial charge in [-0.05, 0) is 38.6 Å². The van der Waals surface area contributed by atoms with Gasteiger partial charge in [0.15, 0.2) is 0 Å². The van der Waals surface area contributed by atoms with Crippen LogP contribution in [0.3, 0.4) is 0 Å². The quantitative estimate of drug-likeness (QED) is 0.525. The van der Waals surface area contributed by atoms with Crippen LogP contribution >= 0.6 is 0 Å². The number of likely N-dealkylation sites (N-methyl/N-ethyl adjacent to an activating group) is 1. The lowest BCUT2D eigenvalue weighted by Crippen LogP contribution is -2.49. The van der Waals surface area contributed by atoms with Gasteiger partial charge in [0.05, 0.1) is 12.6 Å². The van der Waals surface area contributed by atoms with Gasteiger partial charge < -0.3 is 14.7 Å². The highest BCUT2D eigenvalue weighted by atomic mass is 19.1. The first-order valence-electron chi connectivity index (χ1n) is 12.3. The zero-order valence-corrected chi connectivity index (χ0v) is 21.3. The van der Waals surface area contributed by atoms with E-state index in [2.05, 4.69) is 4.98 Å². The minimum atomic E-state index is -0.356. The van der Waals surface area contributed by atoms with E-state index in [9.17, 15) is 14.3 Å². The molecule has 1 aliphatic heterocycles. The van der Waals surface area contributed by atoms with Gasteiger partial charge in [0.2, 0.25) is 5.88 Å². The number of aromatic nitrogens is 1. The molecule has 36 heavy (non-hydrogen) atoms. The van der Waals surface area contributed by atoms with Crippen LogP contribution in [-0.4, -0.2) is 64.7 Å². The average molecular weight is 492 g/mol. The maximum Gasteiger partial charge on any atom is 0.259 e. The van der Waals surface area contributed by atoms with E-state index in [1.165, 1.54) is 6.07 Å². The summed E-state index contributed by atoms with van der Waals surface area (Å²) in [6.07, 6.45) is 1.43. The van der Waals surface area contributed by atoms with Gasteiger partial charge in [-0.2, -0.15) is 0 Å². The highest BCUT2D eigenvalue weighted by molar-refractivity contribution is 5.98. The van der Waals surface area contributed by atoms with Gasteiger partial charge in [-0.15, -0.1) is 0 Å². The molecule has 1 amide bonds. The molecular formula is C29H34FN3O3. The van der Waals surface area contributed by atoms with Crippen molar-refractivity contribution in [3.63, 3.8) is 0 Å². The Morgan fingerprint density at radius 2 is 1.92 bits per heavy atom. The van der Waals surface area contributed by atoms with Crippen LogP contribution in [0.1, 0.15) is 35.3 Å². The number of amides is 1. The number of aliphatic hydroxyl groups excluding tert-OH is 1. The number of carbonyl (C=O) groups is 1. The number of halogens is 1. The summed E-state index contributed by atoms with van der Waals surface area (Å²) in [6, 6.07) is 16.3. The molecule has 0 saturated heterocycles. The van der Waals surface area contributed by atoms with Crippen molar-refractivity contribution in [2.24, 2.45) is 5.92 Å². The summed E-state index contributed by atoms with van der Waals surface area (Å²) in [5, 5.41) is 9.88. The molecule has 0 fully saturated rings.